The zero-order valence-corrected chi connectivity index (χ0v) is 14.8. The van der Waals surface area contributed by atoms with Gasteiger partial charge in [-0.25, -0.2) is 4.79 Å². The first-order valence-electron chi connectivity index (χ1n) is 8.30. The monoisotopic (exact) mass is 351 g/mol. The quantitative estimate of drug-likeness (QED) is 0.437. The highest BCUT2D eigenvalue weighted by Gasteiger charge is 2.05. The van der Waals surface area contributed by atoms with Crippen molar-refractivity contribution >= 4 is 12.0 Å². The zero-order chi connectivity index (χ0) is 18.9. The topological polar surface area (TPSA) is 79.5 Å². The van der Waals surface area contributed by atoms with E-state index in [4.69, 9.17) is 19.8 Å². The van der Waals surface area contributed by atoms with Gasteiger partial charge in [0.05, 0.1) is 0 Å². The highest BCUT2D eigenvalue weighted by molar-refractivity contribution is 5.96. The lowest BCUT2D eigenvalue weighted by Gasteiger charge is -2.10. The molecule has 2 rings (SSSR count). The molecule has 26 heavy (non-hydrogen) atoms. The van der Waals surface area contributed by atoms with Crippen LogP contribution >= 0.6 is 0 Å². The Hall–Kier alpha value is -3.26. The molecule has 2 aromatic rings. The lowest BCUT2D eigenvalue weighted by Crippen LogP contribution is -2.09. The van der Waals surface area contributed by atoms with Gasteiger partial charge in [-0.1, -0.05) is 38.1 Å². The molecule has 2 aromatic carbocycles. The van der Waals surface area contributed by atoms with Crippen LogP contribution in [0.4, 0.5) is 0 Å². The average Bonchev–Trinajstić information content (AvgIpc) is 2.64. The molecular formula is C21H21NO4. The minimum atomic E-state index is -1.24. The molecule has 5 heteroatoms. The second-order valence-electron chi connectivity index (χ2n) is 5.96. The van der Waals surface area contributed by atoms with E-state index in [2.05, 4.69) is 26.0 Å². The molecule has 0 fully saturated rings. The summed E-state index contributed by atoms with van der Waals surface area (Å²) >= 11 is 0. The third kappa shape index (κ3) is 5.67. The third-order valence-corrected chi connectivity index (χ3v) is 3.71. The number of nitriles is 1. The minimum Gasteiger partial charge on any atom is -0.490 e. The molecule has 0 aliphatic rings. The highest BCUT2D eigenvalue weighted by Crippen LogP contribution is 2.19. The van der Waals surface area contributed by atoms with E-state index in [9.17, 15) is 4.79 Å². The van der Waals surface area contributed by atoms with Crippen molar-refractivity contribution in [3.8, 4) is 17.6 Å². The van der Waals surface area contributed by atoms with E-state index in [1.54, 1.807) is 30.3 Å². The fourth-order valence-electron chi connectivity index (χ4n) is 2.24. The molecule has 1 N–H and O–H groups in total. The molecule has 0 saturated heterocycles. The van der Waals surface area contributed by atoms with Crippen LogP contribution in [0, 0.1) is 11.3 Å². The van der Waals surface area contributed by atoms with Crippen molar-refractivity contribution in [2.24, 2.45) is 0 Å². The van der Waals surface area contributed by atoms with Gasteiger partial charge in [-0.15, -0.1) is 0 Å². The van der Waals surface area contributed by atoms with Crippen molar-refractivity contribution in [1.82, 2.24) is 0 Å². The van der Waals surface area contributed by atoms with E-state index < -0.39 is 5.97 Å². The first kappa shape index (κ1) is 19.1. The first-order chi connectivity index (χ1) is 12.5. The van der Waals surface area contributed by atoms with Gasteiger partial charge in [-0.3, -0.25) is 0 Å². The van der Waals surface area contributed by atoms with Crippen LogP contribution in [-0.2, 0) is 4.79 Å². The Bertz CT molecular complexity index is 799. The highest BCUT2D eigenvalue weighted by atomic mass is 16.5. The second kappa shape index (κ2) is 9.28. The average molecular weight is 351 g/mol. The molecule has 134 valence electrons. The number of aliphatic carboxylic acids is 1. The Kier molecular flexibility index (Phi) is 6.81. The Balaban J connectivity index is 1.81. The largest absolute Gasteiger partial charge is 0.490 e. The number of benzene rings is 2. The van der Waals surface area contributed by atoms with Gasteiger partial charge in [0.15, 0.2) is 0 Å². The number of carboxylic acids is 1. The maximum absolute atomic E-state index is 10.8. The third-order valence-electron chi connectivity index (χ3n) is 3.71. The predicted molar refractivity (Wildman–Crippen MR) is 99.2 cm³/mol. The molecule has 5 nitrogen and oxygen atoms in total. The summed E-state index contributed by atoms with van der Waals surface area (Å²) in [7, 11) is 0. The summed E-state index contributed by atoms with van der Waals surface area (Å²) in [6, 6.07) is 16.5. The van der Waals surface area contributed by atoms with Crippen LogP contribution in [0.5, 0.6) is 11.5 Å². The molecule has 0 radical (unpaired) electrons. The number of ether oxygens (including phenoxy) is 2. The molecule has 0 atom stereocenters. The van der Waals surface area contributed by atoms with E-state index in [1.807, 2.05) is 12.1 Å². The Morgan fingerprint density at radius 2 is 1.54 bits per heavy atom. The number of hydrogen-bond donors (Lipinski definition) is 1. The molecule has 0 aliphatic heterocycles. The van der Waals surface area contributed by atoms with E-state index in [1.165, 1.54) is 11.6 Å². The summed E-state index contributed by atoms with van der Waals surface area (Å²) in [6.07, 6.45) is 1.32. The van der Waals surface area contributed by atoms with Crippen molar-refractivity contribution in [2.75, 3.05) is 13.2 Å². The predicted octanol–water partition coefficient (Wildman–Crippen LogP) is 4.26. The molecule has 0 aliphatic carbocycles. The molecule has 0 amide bonds. The van der Waals surface area contributed by atoms with Gasteiger partial charge in [0.25, 0.3) is 0 Å². The van der Waals surface area contributed by atoms with Crippen molar-refractivity contribution in [3.63, 3.8) is 0 Å². The zero-order valence-electron chi connectivity index (χ0n) is 14.8. The van der Waals surface area contributed by atoms with Crippen LogP contribution < -0.4 is 9.47 Å². The number of hydrogen-bond acceptors (Lipinski definition) is 4. The first-order valence-corrected chi connectivity index (χ1v) is 8.30. The van der Waals surface area contributed by atoms with Crippen LogP contribution in [0.2, 0.25) is 0 Å². The van der Waals surface area contributed by atoms with Crippen LogP contribution in [-0.4, -0.2) is 24.3 Å². The summed E-state index contributed by atoms with van der Waals surface area (Å²) in [5, 5.41) is 17.6. The van der Waals surface area contributed by atoms with E-state index in [0.717, 1.165) is 5.75 Å². The van der Waals surface area contributed by atoms with Gasteiger partial charge in [0.1, 0.15) is 36.4 Å². The Morgan fingerprint density at radius 3 is 1.96 bits per heavy atom. The number of rotatable bonds is 8. The Morgan fingerprint density at radius 1 is 1.04 bits per heavy atom. The molecular weight excluding hydrogens is 330 g/mol. The standard InChI is InChI=1S/C21H21NO4/c1-15(2)17-5-9-20(10-6-17)26-12-11-25-19-7-3-16(4-8-19)13-18(14-22)21(23)24/h3-10,13,15H,11-12H2,1-2H3,(H,23,24). The van der Waals surface area contributed by atoms with Crippen LogP contribution in [0.1, 0.15) is 30.9 Å². The van der Waals surface area contributed by atoms with E-state index in [0.29, 0.717) is 30.4 Å². The number of carbonyl (C=O) groups is 1. The summed E-state index contributed by atoms with van der Waals surface area (Å²) in [4.78, 5) is 10.8. The van der Waals surface area contributed by atoms with Crippen molar-refractivity contribution in [2.45, 2.75) is 19.8 Å². The van der Waals surface area contributed by atoms with Crippen LogP contribution in [0.15, 0.2) is 54.1 Å². The number of nitrogens with zero attached hydrogens (tertiary/aromatic N) is 1. The van der Waals surface area contributed by atoms with Crippen LogP contribution in [0.3, 0.4) is 0 Å². The summed E-state index contributed by atoms with van der Waals surface area (Å²) in [6.45, 7) is 5.10. The van der Waals surface area contributed by atoms with Gasteiger partial charge >= 0.3 is 5.97 Å². The fraction of sp³-hybridized carbons (Fsp3) is 0.238. The molecule has 0 heterocycles. The van der Waals surface area contributed by atoms with Crippen molar-refractivity contribution < 1.29 is 19.4 Å². The summed E-state index contributed by atoms with van der Waals surface area (Å²) in [5.41, 5.74) is 1.58. The molecule has 0 aromatic heterocycles. The normalized spacial score (nSPS) is 11.1. The SMILES string of the molecule is CC(C)c1ccc(OCCOc2ccc(C=C(C#N)C(=O)O)cc2)cc1. The second-order valence-corrected chi connectivity index (χ2v) is 5.96. The van der Waals surface area contributed by atoms with Crippen LogP contribution in [0.25, 0.3) is 6.08 Å². The Labute approximate surface area is 153 Å². The lowest BCUT2D eigenvalue weighted by molar-refractivity contribution is -0.132. The van der Waals surface area contributed by atoms with Crippen molar-refractivity contribution in [3.05, 3.63) is 65.2 Å². The lowest BCUT2D eigenvalue weighted by atomic mass is 10.0. The van der Waals surface area contributed by atoms with Gasteiger partial charge < -0.3 is 14.6 Å². The number of carboxylic acid groups (broad SMARTS) is 1. The molecule has 0 spiro atoms. The van der Waals surface area contributed by atoms with Crippen molar-refractivity contribution in [1.29, 1.82) is 5.26 Å². The van der Waals surface area contributed by atoms with Gasteiger partial charge in [-0.05, 0) is 47.4 Å². The maximum atomic E-state index is 10.8. The van der Waals surface area contributed by atoms with E-state index in [-0.39, 0.29) is 5.57 Å². The summed E-state index contributed by atoms with van der Waals surface area (Å²) < 4.78 is 11.2. The van der Waals surface area contributed by atoms with Gasteiger partial charge in [-0.2, -0.15) is 5.26 Å². The molecule has 0 saturated carbocycles. The maximum Gasteiger partial charge on any atom is 0.346 e. The molecule has 0 unspecified atom stereocenters. The van der Waals surface area contributed by atoms with E-state index >= 15 is 0 Å². The minimum absolute atomic E-state index is 0.310. The summed E-state index contributed by atoms with van der Waals surface area (Å²) in [5.74, 6) is 0.697. The fourth-order valence-corrected chi connectivity index (χ4v) is 2.24. The molecule has 0 bridgehead atoms. The van der Waals surface area contributed by atoms with Gasteiger partial charge in [0, 0.05) is 0 Å². The van der Waals surface area contributed by atoms with Gasteiger partial charge in [0.2, 0.25) is 0 Å². The smallest absolute Gasteiger partial charge is 0.346 e.